The van der Waals surface area contributed by atoms with Crippen molar-refractivity contribution in [2.75, 3.05) is 45.2 Å². The largest absolute Gasteiger partial charge is 0.497 e. The number of benzene rings is 1. The number of rotatable bonds is 4. The molecular weight excluding hydrogens is 414 g/mol. The van der Waals surface area contributed by atoms with Crippen LogP contribution in [-0.2, 0) is 0 Å². The molecule has 2 N–H and O–H groups in total. The molecule has 1 aliphatic rings. The van der Waals surface area contributed by atoms with Gasteiger partial charge in [-0.3, -0.25) is 10.1 Å². The maximum Gasteiger partial charge on any atom is 0.139 e. The lowest BCUT2D eigenvalue weighted by Gasteiger charge is -2.34. The standard InChI is InChI=1S/C25H25N7O/c1-31-8-10-32(11-9-31)23-6-7-26-25-19(23)14-21(28-25)24-18-13-20(27-15-22(18)29-30-24)16-4-3-5-17(12-16)33-2/h3-7,12-15H,8-11H2,1-2H3,(H,26,28)(H,29,30). The van der Waals surface area contributed by atoms with Gasteiger partial charge in [0.2, 0.25) is 0 Å². The van der Waals surface area contributed by atoms with Crippen LogP contribution >= 0.6 is 0 Å². The van der Waals surface area contributed by atoms with Gasteiger partial charge in [-0.25, -0.2) is 4.98 Å². The minimum Gasteiger partial charge on any atom is -0.497 e. The molecule has 0 radical (unpaired) electrons. The Hall–Kier alpha value is -3.91. The molecule has 5 heterocycles. The Morgan fingerprint density at radius 2 is 1.85 bits per heavy atom. The monoisotopic (exact) mass is 439 g/mol. The summed E-state index contributed by atoms with van der Waals surface area (Å²) in [5.74, 6) is 0.806. The van der Waals surface area contributed by atoms with Gasteiger partial charge in [0.25, 0.3) is 0 Å². The smallest absolute Gasteiger partial charge is 0.139 e. The maximum atomic E-state index is 5.38. The zero-order valence-corrected chi connectivity index (χ0v) is 18.7. The third-order valence-corrected chi connectivity index (χ3v) is 6.42. The quantitative estimate of drug-likeness (QED) is 0.441. The predicted molar refractivity (Wildman–Crippen MR) is 131 cm³/mol. The van der Waals surface area contributed by atoms with Gasteiger partial charge in [-0.1, -0.05) is 12.1 Å². The predicted octanol–water partition coefficient (Wildman–Crippen LogP) is 3.93. The highest BCUT2D eigenvalue weighted by Crippen LogP contribution is 2.34. The molecule has 5 aromatic rings. The number of hydrogen-bond donors (Lipinski definition) is 2. The minimum atomic E-state index is 0.806. The molecule has 1 aliphatic heterocycles. The number of aromatic amines is 2. The van der Waals surface area contributed by atoms with Gasteiger partial charge in [0, 0.05) is 54.4 Å². The second kappa shape index (κ2) is 7.90. The van der Waals surface area contributed by atoms with Crippen molar-refractivity contribution in [2.45, 2.75) is 0 Å². The first-order valence-corrected chi connectivity index (χ1v) is 11.1. The Labute approximate surface area is 191 Å². The molecule has 0 amide bonds. The number of piperazine rings is 1. The summed E-state index contributed by atoms with van der Waals surface area (Å²) in [6.45, 7) is 4.14. The zero-order valence-electron chi connectivity index (χ0n) is 18.7. The molecular formula is C25H25N7O. The van der Waals surface area contributed by atoms with Crippen LogP contribution in [-0.4, -0.2) is 70.4 Å². The number of ether oxygens (including phenoxy) is 1. The van der Waals surface area contributed by atoms with E-state index in [2.05, 4.69) is 60.2 Å². The minimum absolute atomic E-state index is 0.806. The molecule has 0 atom stereocenters. The van der Waals surface area contributed by atoms with E-state index in [0.717, 1.165) is 76.5 Å². The summed E-state index contributed by atoms with van der Waals surface area (Å²) < 4.78 is 5.38. The maximum absolute atomic E-state index is 5.38. The number of nitrogens with zero attached hydrogens (tertiary/aromatic N) is 5. The molecule has 8 heteroatoms. The van der Waals surface area contributed by atoms with Crippen molar-refractivity contribution < 1.29 is 4.74 Å². The van der Waals surface area contributed by atoms with Crippen molar-refractivity contribution in [3.63, 3.8) is 0 Å². The number of likely N-dealkylation sites (N-methyl/N-ethyl adjacent to an activating group) is 1. The van der Waals surface area contributed by atoms with E-state index in [9.17, 15) is 0 Å². The van der Waals surface area contributed by atoms with Crippen molar-refractivity contribution in [1.82, 2.24) is 30.0 Å². The molecule has 166 valence electrons. The summed E-state index contributed by atoms with van der Waals surface area (Å²) in [5.41, 5.74) is 6.65. The number of methoxy groups -OCH3 is 1. The molecule has 0 bridgehead atoms. The SMILES string of the molecule is COc1cccc(-c2cc3c(-c4cc5c(N6CCN(C)CC6)ccnc5[nH]4)n[nH]c3cn2)c1. The van der Waals surface area contributed by atoms with Crippen LogP contribution in [0, 0.1) is 0 Å². The molecule has 0 saturated carbocycles. The first-order chi connectivity index (χ1) is 16.2. The fourth-order valence-corrected chi connectivity index (χ4v) is 4.53. The van der Waals surface area contributed by atoms with Crippen molar-refractivity contribution in [3.8, 4) is 28.4 Å². The highest BCUT2D eigenvalue weighted by atomic mass is 16.5. The zero-order chi connectivity index (χ0) is 22.4. The van der Waals surface area contributed by atoms with Crippen LogP contribution in [0.5, 0.6) is 5.75 Å². The molecule has 8 nitrogen and oxygen atoms in total. The van der Waals surface area contributed by atoms with Gasteiger partial charge in [-0.15, -0.1) is 0 Å². The van der Waals surface area contributed by atoms with Gasteiger partial charge >= 0.3 is 0 Å². The summed E-state index contributed by atoms with van der Waals surface area (Å²) in [5, 5.41) is 9.86. The first-order valence-electron chi connectivity index (χ1n) is 11.1. The van der Waals surface area contributed by atoms with Crippen molar-refractivity contribution in [1.29, 1.82) is 0 Å². The van der Waals surface area contributed by atoms with Gasteiger partial charge in [-0.05, 0) is 37.4 Å². The Kier molecular flexibility index (Phi) is 4.73. The molecule has 33 heavy (non-hydrogen) atoms. The Balaban J connectivity index is 1.43. The van der Waals surface area contributed by atoms with E-state index in [1.807, 2.05) is 36.7 Å². The third-order valence-electron chi connectivity index (χ3n) is 6.42. The number of pyridine rings is 2. The number of fused-ring (bicyclic) bond motifs is 2. The van der Waals surface area contributed by atoms with Crippen LogP contribution in [0.3, 0.4) is 0 Å². The lowest BCUT2D eigenvalue weighted by Crippen LogP contribution is -2.44. The van der Waals surface area contributed by atoms with E-state index in [-0.39, 0.29) is 0 Å². The van der Waals surface area contributed by atoms with Crippen LogP contribution in [0.15, 0.2) is 54.9 Å². The molecule has 0 spiro atoms. The van der Waals surface area contributed by atoms with E-state index < -0.39 is 0 Å². The van der Waals surface area contributed by atoms with Gasteiger partial charge in [-0.2, -0.15) is 5.10 Å². The number of hydrogen-bond acceptors (Lipinski definition) is 6. The van der Waals surface area contributed by atoms with E-state index >= 15 is 0 Å². The molecule has 6 rings (SSSR count). The topological polar surface area (TPSA) is 86.0 Å². The average Bonchev–Trinajstić information content (AvgIpc) is 3.48. The number of H-pyrrole nitrogens is 2. The van der Waals surface area contributed by atoms with Crippen LogP contribution in [0.2, 0.25) is 0 Å². The van der Waals surface area contributed by atoms with Crippen LogP contribution < -0.4 is 9.64 Å². The van der Waals surface area contributed by atoms with E-state index in [0.29, 0.717) is 0 Å². The lowest BCUT2D eigenvalue weighted by molar-refractivity contribution is 0.313. The van der Waals surface area contributed by atoms with Crippen LogP contribution in [0.1, 0.15) is 0 Å². The Morgan fingerprint density at radius 1 is 0.970 bits per heavy atom. The molecule has 1 saturated heterocycles. The Bertz CT molecular complexity index is 1450. The van der Waals surface area contributed by atoms with E-state index in [1.54, 1.807) is 7.11 Å². The summed E-state index contributed by atoms with van der Waals surface area (Å²) >= 11 is 0. The molecule has 1 fully saturated rings. The van der Waals surface area contributed by atoms with Crippen LogP contribution in [0.4, 0.5) is 5.69 Å². The van der Waals surface area contributed by atoms with E-state index in [1.165, 1.54) is 5.69 Å². The molecule has 4 aromatic heterocycles. The van der Waals surface area contributed by atoms with Gasteiger partial charge in [0.15, 0.2) is 0 Å². The van der Waals surface area contributed by atoms with Crippen molar-refractivity contribution >= 4 is 27.6 Å². The fourth-order valence-electron chi connectivity index (χ4n) is 4.53. The summed E-state index contributed by atoms with van der Waals surface area (Å²) in [6.07, 6.45) is 3.71. The summed E-state index contributed by atoms with van der Waals surface area (Å²) in [4.78, 5) is 17.5. The highest BCUT2D eigenvalue weighted by molar-refractivity contribution is 5.99. The van der Waals surface area contributed by atoms with E-state index in [4.69, 9.17) is 4.74 Å². The van der Waals surface area contributed by atoms with Gasteiger partial charge < -0.3 is 19.5 Å². The third kappa shape index (κ3) is 3.48. The molecule has 0 unspecified atom stereocenters. The summed E-state index contributed by atoms with van der Waals surface area (Å²) in [6, 6.07) is 14.3. The van der Waals surface area contributed by atoms with Gasteiger partial charge in [0.1, 0.15) is 17.1 Å². The first kappa shape index (κ1) is 19.8. The van der Waals surface area contributed by atoms with Crippen molar-refractivity contribution in [3.05, 3.63) is 54.9 Å². The van der Waals surface area contributed by atoms with Crippen LogP contribution in [0.25, 0.3) is 44.6 Å². The molecule has 1 aromatic carbocycles. The normalized spacial score (nSPS) is 14.9. The highest BCUT2D eigenvalue weighted by Gasteiger charge is 2.19. The second-order valence-corrected chi connectivity index (χ2v) is 8.48. The number of aromatic nitrogens is 5. The fraction of sp³-hybridized carbons (Fsp3) is 0.240. The molecule has 0 aliphatic carbocycles. The number of anilines is 1. The Morgan fingerprint density at radius 3 is 2.70 bits per heavy atom. The van der Waals surface area contributed by atoms with Gasteiger partial charge in [0.05, 0.1) is 30.2 Å². The van der Waals surface area contributed by atoms with Crippen molar-refractivity contribution in [2.24, 2.45) is 0 Å². The average molecular weight is 440 g/mol. The lowest BCUT2D eigenvalue weighted by atomic mass is 10.1. The number of nitrogens with one attached hydrogen (secondary N) is 2. The summed E-state index contributed by atoms with van der Waals surface area (Å²) in [7, 11) is 3.84. The second-order valence-electron chi connectivity index (χ2n) is 8.48.